The Morgan fingerprint density at radius 2 is 2.06 bits per heavy atom. The molecule has 2 aromatic carbocycles. The lowest BCUT2D eigenvalue weighted by Gasteiger charge is -2.17. The van der Waals surface area contributed by atoms with Gasteiger partial charge in [0, 0.05) is 29.1 Å². The van der Waals surface area contributed by atoms with Crippen molar-refractivity contribution < 1.29 is 31.8 Å². The van der Waals surface area contributed by atoms with Crippen LogP contribution in [0, 0.1) is 0 Å². The Morgan fingerprint density at radius 3 is 2.86 bits per heavy atom. The lowest BCUT2D eigenvalue weighted by Crippen LogP contribution is -2.23. The fourth-order valence-electron chi connectivity index (χ4n) is 4.26. The van der Waals surface area contributed by atoms with E-state index in [-0.39, 0.29) is 42.7 Å². The first-order chi connectivity index (χ1) is 17.0. The number of fused-ring (bicyclic) bond motifs is 2. The Kier molecular flexibility index (Phi) is 6.12. The van der Waals surface area contributed by atoms with E-state index in [0.29, 0.717) is 39.5 Å². The standard InChI is InChI=1S/C25H24N2O7S/c1-31-24-18(7-8-23(28)27-13-17-4-3-11-32-17)16(12-21-25(24)34-15-33-21)14-35(29,30)22-6-2-5-20-19(22)9-10-26-20/h2-6,9-12,26H,7-8,13-15H2,1H3,(H,27,28). The molecule has 2 N–H and O–H groups in total. The van der Waals surface area contributed by atoms with Crippen LogP contribution in [-0.4, -0.2) is 33.2 Å². The summed E-state index contributed by atoms with van der Waals surface area (Å²) in [5.41, 5.74) is 1.83. The average molecular weight is 497 g/mol. The zero-order valence-electron chi connectivity index (χ0n) is 19.0. The van der Waals surface area contributed by atoms with E-state index < -0.39 is 9.84 Å². The summed E-state index contributed by atoms with van der Waals surface area (Å²) in [6, 6.07) is 12.1. The molecule has 3 heterocycles. The van der Waals surface area contributed by atoms with E-state index in [1.54, 1.807) is 48.9 Å². The molecule has 0 radical (unpaired) electrons. The summed E-state index contributed by atoms with van der Waals surface area (Å²) in [6.45, 7) is 0.277. The number of carbonyl (C=O) groups is 1. The topological polar surface area (TPSA) is 120 Å². The molecule has 0 bridgehead atoms. The van der Waals surface area contributed by atoms with Gasteiger partial charge in [-0.1, -0.05) is 6.07 Å². The number of H-pyrrole nitrogens is 1. The molecule has 5 rings (SSSR count). The van der Waals surface area contributed by atoms with Crippen LogP contribution in [0.3, 0.4) is 0 Å². The number of ether oxygens (including phenoxy) is 3. The van der Waals surface area contributed by atoms with Crippen LogP contribution < -0.4 is 19.5 Å². The van der Waals surface area contributed by atoms with Crippen LogP contribution in [0.15, 0.2) is 64.2 Å². The minimum absolute atomic E-state index is 0.00757. The number of furan rings is 1. The predicted octanol–water partition coefficient (Wildman–Crippen LogP) is 3.72. The molecule has 0 unspecified atom stereocenters. The summed E-state index contributed by atoms with van der Waals surface area (Å²) < 4.78 is 49.0. The molecule has 182 valence electrons. The third-order valence-corrected chi connectivity index (χ3v) is 7.61. The van der Waals surface area contributed by atoms with Gasteiger partial charge in [-0.15, -0.1) is 0 Å². The lowest BCUT2D eigenvalue weighted by atomic mass is 10.0. The Morgan fingerprint density at radius 1 is 1.17 bits per heavy atom. The molecule has 10 heteroatoms. The van der Waals surface area contributed by atoms with Gasteiger partial charge in [-0.05, 0) is 48.4 Å². The first-order valence-electron chi connectivity index (χ1n) is 11.0. The van der Waals surface area contributed by atoms with Crippen LogP contribution in [0.4, 0.5) is 0 Å². The summed E-state index contributed by atoms with van der Waals surface area (Å²) in [4.78, 5) is 15.8. The van der Waals surface area contributed by atoms with Gasteiger partial charge < -0.3 is 28.9 Å². The smallest absolute Gasteiger partial charge is 0.231 e. The van der Waals surface area contributed by atoms with Crippen LogP contribution in [0.5, 0.6) is 17.2 Å². The second-order valence-electron chi connectivity index (χ2n) is 8.09. The van der Waals surface area contributed by atoms with Gasteiger partial charge in [0.15, 0.2) is 21.3 Å². The Balaban J connectivity index is 1.45. The van der Waals surface area contributed by atoms with Gasteiger partial charge in [-0.25, -0.2) is 8.42 Å². The normalized spacial score (nSPS) is 12.7. The van der Waals surface area contributed by atoms with E-state index >= 15 is 0 Å². The van der Waals surface area contributed by atoms with Gasteiger partial charge in [0.1, 0.15) is 5.76 Å². The molecule has 4 aromatic rings. The average Bonchev–Trinajstić information content (AvgIpc) is 3.62. The zero-order chi connectivity index (χ0) is 24.4. The van der Waals surface area contributed by atoms with Crippen molar-refractivity contribution in [2.45, 2.75) is 30.0 Å². The molecule has 0 fully saturated rings. The number of hydrogen-bond acceptors (Lipinski definition) is 7. The molecule has 0 atom stereocenters. The minimum atomic E-state index is -3.74. The number of nitrogens with one attached hydrogen (secondary N) is 2. The number of carbonyl (C=O) groups excluding carboxylic acids is 1. The van der Waals surface area contributed by atoms with E-state index in [9.17, 15) is 13.2 Å². The van der Waals surface area contributed by atoms with Crippen LogP contribution in [0.25, 0.3) is 10.9 Å². The molecular weight excluding hydrogens is 472 g/mol. The third kappa shape index (κ3) is 4.57. The molecule has 1 aliphatic heterocycles. The van der Waals surface area contributed by atoms with Gasteiger partial charge in [0.05, 0.1) is 30.6 Å². The molecule has 9 nitrogen and oxygen atoms in total. The SMILES string of the molecule is COc1c(CCC(=O)NCc2ccco2)c(CS(=O)(=O)c2cccc3[nH]ccc23)cc2c1OCO2. The van der Waals surface area contributed by atoms with Crippen molar-refractivity contribution in [3.63, 3.8) is 0 Å². The summed E-state index contributed by atoms with van der Waals surface area (Å²) in [7, 11) is -2.26. The van der Waals surface area contributed by atoms with Crippen molar-refractivity contribution in [1.29, 1.82) is 0 Å². The monoisotopic (exact) mass is 496 g/mol. The maximum atomic E-state index is 13.5. The summed E-state index contributed by atoms with van der Waals surface area (Å²) in [6.07, 6.45) is 3.62. The largest absolute Gasteiger partial charge is 0.492 e. The number of aromatic nitrogens is 1. The molecule has 2 aromatic heterocycles. The number of aromatic amines is 1. The number of rotatable bonds is 9. The van der Waals surface area contributed by atoms with E-state index in [2.05, 4.69) is 10.3 Å². The quantitative estimate of drug-likeness (QED) is 0.362. The second-order valence-corrected chi connectivity index (χ2v) is 10.0. The fraction of sp³-hybridized carbons (Fsp3) is 0.240. The molecule has 0 saturated heterocycles. The van der Waals surface area contributed by atoms with E-state index in [4.69, 9.17) is 18.6 Å². The van der Waals surface area contributed by atoms with Gasteiger partial charge in [-0.3, -0.25) is 4.79 Å². The van der Waals surface area contributed by atoms with Gasteiger partial charge in [0.25, 0.3) is 0 Å². The highest BCUT2D eigenvalue weighted by Gasteiger charge is 2.29. The maximum Gasteiger partial charge on any atom is 0.231 e. The van der Waals surface area contributed by atoms with Crippen molar-refractivity contribution in [2.75, 3.05) is 13.9 Å². The van der Waals surface area contributed by atoms with Crippen molar-refractivity contribution in [3.8, 4) is 17.2 Å². The highest BCUT2D eigenvalue weighted by atomic mass is 32.2. The molecular formula is C25H24N2O7S. The highest BCUT2D eigenvalue weighted by molar-refractivity contribution is 7.90. The summed E-state index contributed by atoms with van der Waals surface area (Å²) in [5.74, 6) is 1.36. The van der Waals surface area contributed by atoms with E-state index in [1.807, 2.05) is 6.07 Å². The van der Waals surface area contributed by atoms with Crippen LogP contribution in [-0.2, 0) is 33.4 Å². The van der Waals surface area contributed by atoms with Crippen molar-refractivity contribution in [2.24, 2.45) is 0 Å². The lowest BCUT2D eigenvalue weighted by molar-refractivity contribution is -0.121. The Bertz CT molecular complexity index is 1470. The second kappa shape index (κ2) is 9.38. The molecule has 0 aliphatic carbocycles. The van der Waals surface area contributed by atoms with Crippen molar-refractivity contribution >= 4 is 26.6 Å². The van der Waals surface area contributed by atoms with Gasteiger partial charge >= 0.3 is 0 Å². The maximum absolute atomic E-state index is 13.5. The summed E-state index contributed by atoms with van der Waals surface area (Å²) in [5, 5.41) is 3.43. The molecule has 1 amide bonds. The van der Waals surface area contributed by atoms with Crippen LogP contribution in [0.2, 0.25) is 0 Å². The van der Waals surface area contributed by atoms with Crippen LogP contribution >= 0.6 is 0 Å². The fourth-order valence-corrected chi connectivity index (χ4v) is 5.88. The van der Waals surface area contributed by atoms with E-state index in [1.165, 1.54) is 7.11 Å². The molecule has 0 saturated carbocycles. The van der Waals surface area contributed by atoms with E-state index in [0.717, 1.165) is 5.52 Å². The Hall–Kier alpha value is -3.92. The van der Waals surface area contributed by atoms with Crippen molar-refractivity contribution in [1.82, 2.24) is 10.3 Å². The predicted molar refractivity (Wildman–Crippen MR) is 127 cm³/mol. The minimum Gasteiger partial charge on any atom is -0.492 e. The molecule has 1 aliphatic rings. The molecule has 35 heavy (non-hydrogen) atoms. The first-order valence-corrected chi connectivity index (χ1v) is 12.7. The number of hydrogen-bond donors (Lipinski definition) is 2. The van der Waals surface area contributed by atoms with Gasteiger partial charge in [0.2, 0.25) is 18.4 Å². The molecule has 0 spiro atoms. The van der Waals surface area contributed by atoms with Crippen molar-refractivity contribution in [3.05, 3.63) is 71.8 Å². The highest BCUT2D eigenvalue weighted by Crippen LogP contribution is 2.46. The Labute approximate surface area is 201 Å². The zero-order valence-corrected chi connectivity index (χ0v) is 19.8. The summed E-state index contributed by atoms with van der Waals surface area (Å²) >= 11 is 0. The first kappa shape index (κ1) is 22.9. The third-order valence-electron chi connectivity index (χ3n) is 5.90. The van der Waals surface area contributed by atoms with Crippen LogP contribution in [0.1, 0.15) is 23.3 Å². The number of benzene rings is 2. The number of amides is 1. The number of methoxy groups -OCH3 is 1. The number of sulfone groups is 1. The van der Waals surface area contributed by atoms with Gasteiger partial charge in [-0.2, -0.15) is 0 Å².